The van der Waals surface area contributed by atoms with Gasteiger partial charge in [-0.3, -0.25) is 4.98 Å². The lowest BCUT2D eigenvalue weighted by atomic mass is 9.90. The van der Waals surface area contributed by atoms with Crippen LogP contribution in [-0.2, 0) is 0 Å². The van der Waals surface area contributed by atoms with Crippen molar-refractivity contribution in [2.24, 2.45) is 0 Å². The fourth-order valence-electron chi connectivity index (χ4n) is 3.65. The van der Waals surface area contributed by atoms with E-state index in [2.05, 4.69) is 15.6 Å². The lowest BCUT2D eigenvalue weighted by Gasteiger charge is -2.31. The number of nitrogens with one attached hydrogen (secondary N) is 2. The van der Waals surface area contributed by atoms with Crippen molar-refractivity contribution < 1.29 is 4.39 Å². The number of halogens is 2. The molecule has 3 nitrogen and oxygen atoms in total. The number of hydrogen-bond donors (Lipinski definition) is 2. The molecular formula is C21H21ClFN3. The number of rotatable bonds is 4. The molecule has 0 aliphatic heterocycles. The third kappa shape index (κ3) is 3.75. The predicted molar refractivity (Wildman–Crippen MR) is 106 cm³/mol. The van der Waals surface area contributed by atoms with E-state index in [-0.39, 0.29) is 5.82 Å². The van der Waals surface area contributed by atoms with Gasteiger partial charge < -0.3 is 10.6 Å². The average molecular weight is 370 g/mol. The lowest BCUT2D eigenvalue weighted by molar-refractivity contribution is 0.428. The molecule has 134 valence electrons. The van der Waals surface area contributed by atoms with Crippen LogP contribution in [-0.4, -0.2) is 17.1 Å². The molecule has 0 radical (unpaired) electrons. The Kier molecular flexibility index (Phi) is 4.93. The number of benzene rings is 2. The SMILES string of the molecule is Fc1ccccc1NC1CCC(Nc2ccnc3cc(Cl)ccc23)CC1. The molecule has 1 saturated carbocycles. The van der Waals surface area contributed by atoms with Gasteiger partial charge in [0.1, 0.15) is 5.82 Å². The molecule has 1 aliphatic carbocycles. The molecule has 2 aromatic carbocycles. The minimum Gasteiger partial charge on any atom is -0.382 e. The summed E-state index contributed by atoms with van der Waals surface area (Å²) in [4.78, 5) is 4.39. The van der Waals surface area contributed by atoms with Gasteiger partial charge in [0.25, 0.3) is 0 Å². The number of nitrogens with zero attached hydrogens (tertiary/aromatic N) is 1. The zero-order valence-electron chi connectivity index (χ0n) is 14.4. The summed E-state index contributed by atoms with van der Waals surface area (Å²) in [7, 11) is 0. The maximum Gasteiger partial charge on any atom is 0.146 e. The van der Waals surface area contributed by atoms with E-state index in [0.29, 0.717) is 22.8 Å². The molecule has 1 aromatic heterocycles. The minimum absolute atomic E-state index is 0.185. The molecule has 0 amide bonds. The predicted octanol–water partition coefficient (Wildman–Crippen LogP) is 5.86. The van der Waals surface area contributed by atoms with Crippen molar-refractivity contribution in [3.8, 4) is 0 Å². The Morgan fingerprint density at radius 2 is 1.58 bits per heavy atom. The summed E-state index contributed by atoms with van der Waals surface area (Å²) < 4.78 is 13.8. The van der Waals surface area contributed by atoms with Crippen molar-refractivity contribution in [1.82, 2.24) is 4.98 Å². The molecular weight excluding hydrogens is 349 g/mol. The van der Waals surface area contributed by atoms with Crippen LogP contribution in [0.15, 0.2) is 54.7 Å². The molecule has 1 fully saturated rings. The van der Waals surface area contributed by atoms with Crippen molar-refractivity contribution in [1.29, 1.82) is 0 Å². The van der Waals surface area contributed by atoms with E-state index >= 15 is 0 Å². The summed E-state index contributed by atoms with van der Waals surface area (Å²) in [6.07, 6.45) is 5.93. The summed E-state index contributed by atoms with van der Waals surface area (Å²) in [5.41, 5.74) is 2.59. The van der Waals surface area contributed by atoms with Gasteiger partial charge in [-0.2, -0.15) is 0 Å². The molecule has 1 aliphatic rings. The van der Waals surface area contributed by atoms with Crippen LogP contribution >= 0.6 is 11.6 Å². The van der Waals surface area contributed by atoms with Gasteiger partial charge in [-0.1, -0.05) is 23.7 Å². The zero-order valence-corrected chi connectivity index (χ0v) is 15.1. The molecule has 26 heavy (non-hydrogen) atoms. The second kappa shape index (κ2) is 7.50. The Morgan fingerprint density at radius 3 is 2.31 bits per heavy atom. The maximum absolute atomic E-state index is 13.8. The van der Waals surface area contributed by atoms with Gasteiger partial charge in [-0.15, -0.1) is 0 Å². The summed E-state index contributed by atoms with van der Waals surface area (Å²) in [6, 6.07) is 15.4. The highest BCUT2D eigenvalue weighted by molar-refractivity contribution is 6.31. The summed E-state index contributed by atoms with van der Waals surface area (Å²) in [6.45, 7) is 0. The quantitative estimate of drug-likeness (QED) is 0.604. The van der Waals surface area contributed by atoms with E-state index in [4.69, 9.17) is 11.6 Å². The Balaban J connectivity index is 1.39. The molecule has 1 heterocycles. The summed E-state index contributed by atoms with van der Waals surface area (Å²) >= 11 is 6.06. The second-order valence-corrected chi connectivity index (χ2v) is 7.27. The van der Waals surface area contributed by atoms with E-state index < -0.39 is 0 Å². The normalized spacial score (nSPS) is 20.1. The van der Waals surface area contributed by atoms with Gasteiger partial charge >= 0.3 is 0 Å². The number of pyridine rings is 1. The second-order valence-electron chi connectivity index (χ2n) is 6.84. The minimum atomic E-state index is -0.185. The molecule has 3 aromatic rings. The first-order valence-electron chi connectivity index (χ1n) is 9.01. The van der Waals surface area contributed by atoms with E-state index in [9.17, 15) is 4.39 Å². The lowest BCUT2D eigenvalue weighted by Crippen LogP contribution is -2.32. The Morgan fingerprint density at radius 1 is 0.885 bits per heavy atom. The first-order chi connectivity index (χ1) is 12.7. The summed E-state index contributed by atoms with van der Waals surface area (Å²) in [5.74, 6) is -0.185. The number of anilines is 2. The topological polar surface area (TPSA) is 37.0 Å². The largest absolute Gasteiger partial charge is 0.382 e. The standard InChI is InChI=1S/C21H21ClFN3/c22-14-5-10-17-19(11-12-24-21(17)13-14)25-15-6-8-16(9-7-15)26-20-4-2-1-3-18(20)23/h1-5,10-13,15-16,26H,6-9H2,(H,24,25). The van der Waals surface area contributed by atoms with E-state index in [0.717, 1.165) is 42.3 Å². The van der Waals surface area contributed by atoms with E-state index in [1.807, 2.05) is 36.5 Å². The van der Waals surface area contributed by atoms with Crippen LogP contribution in [0.5, 0.6) is 0 Å². The fourth-order valence-corrected chi connectivity index (χ4v) is 3.81. The van der Waals surface area contributed by atoms with Gasteiger partial charge in [0.05, 0.1) is 11.2 Å². The van der Waals surface area contributed by atoms with Gasteiger partial charge in [0, 0.05) is 34.4 Å². The molecule has 0 saturated heterocycles. The molecule has 0 unspecified atom stereocenters. The van der Waals surface area contributed by atoms with Crippen LogP contribution in [0.25, 0.3) is 10.9 Å². The van der Waals surface area contributed by atoms with Crippen molar-refractivity contribution in [3.05, 3.63) is 65.6 Å². The number of para-hydroxylation sites is 1. The molecule has 0 atom stereocenters. The average Bonchev–Trinajstić information content (AvgIpc) is 2.65. The third-order valence-electron chi connectivity index (χ3n) is 5.03. The van der Waals surface area contributed by atoms with Crippen molar-refractivity contribution in [3.63, 3.8) is 0 Å². The first-order valence-corrected chi connectivity index (χ1v) is 9.39. The fraction of sp³-hybridized carbons (Fsp3) is 0.286. The van der Waals surface area contributed by atoms with Gasteiger partial charge in [0.15, 0.2) is 0 Å². The van der Waals surface area contributed by atoms with Crippen molar-refractivity contribution in [2.45, 2.75) is 37.8 Å². The number of fused-ring (bicyclic) bond motifs is 1. The highest BCUT2D eigenvalue weighted by Gasteiger charge is 2.22. The van der Waals surface area contributed by atoms with Gasteiger partial charge in [-0.05, 0) is 62.1 Å². The van der Waals surface area contributed by atoms with Crippen LogP contribution in [0.2, 0.25) is 5.02 Å². The van der Waals surface area contributed by atoms with E-state index in [1.54, 1.807) is 12.1 Å². The van der Waals surface area contributed by atoms with Crippen molar-refractivity contribution >= 4 is 33.9 Å². The zero-order chi connectivity index (χ0) is 17.9. The molecule has 0 bridgehead atoms. The van der Waals surface area contributed by atoms with Crippen molar-refractivity contribution in [2.75, 3.05) is 10.6 Å². The van der Waals surface area contributed by atoms with Crippen LogP contribution in [0.4, 0.5) is 15.8 Å². The number of aromatic nitrogens is 1. The molecule has 5 heteroatoms. The first kappa shape index (κ1) is 17.1. The Hall–Kier alpha value is -2.33. The monoisotopic (exact) mass is 369 g/mol. The molecule has 4 rings (SSSR count). The van der Waals surface area contributed by atoms with Gasteiger partial charge in [0.2, 0.25) is 0 Å². The highest BCUT2D eigenvalue weighted by Crippen LogP contribution is 2.29. The smallest absolute Gasteiger partial charge is 0.146 e. The highest BCUT2D eigenvalue weighted by atomic mass is 35.5. The Bertz CT molecular complexity index is 907. The molecule has 0 spiro atoms. The van der Waals surface area contributed by atoms with E-state index in [1.165, 1.54) is 6.07 Å². The third-order valence-corrected chi connectivity index (χ3v) is 5.26. The van der Waals surface area contributed by atoms with Crippen LogP contribution in [0, 0.1) is 5.82 Å². The van der Waals surface area contributed by atoms with Gasteiger partial charge in [-0.25, -0.2) is 4.39 Å². The maximum atomic E-state index is 13.8. The van der Waals surface area contributed by atoms with Crippen LogP contribution in [0.3, 0.4) is 0 Å². The Labute approximate surface area is 157 Å². The summed E-state index contributed by atoms with van der Waals surface area (Å²) in [5, 5.41) is 8.78. The van der Waals surface area contributed by atoms with Crippen LogP contribution in [0.1, 0.15) is 25.7 Å². The molecule has 2 N–H and O–H groups in total. The number of hydrogen-bond acceptors (Lipinski definition) is 3. The van der Waals surface area contributed by atoms with Crippen LogP contribution < -0.4 is 10.6 Å².